The average Bonchev–Trinajstić information content (AvgIpc) is 2.45. The van der Waals surface area contributed by atoms with E-state index in [0.29, 0.717) is 5.11 Å². The van der Waals surface area contributed by atoms with E-state index in [9.17, 15) is 0 Å². The number of nitrogens with one attached hydrogen (secondary N) is 2. The van der Waals surface area contributed by atoms with Gasteiger partial charge in [-0.2, -0.15) is 0 Å². The number of rotatable bonds is 2. The third-order valence-corrected chi connectivity index (χ3v) is 2.26. The second-order valence-electron chi connectivity index (χ2n) is 3.21. The number of nitrogens with two attached hydrogens (primary N) is 1. The van der Waals surface area contributed by atoms with Gasteiger partial charge in [-0.05, 0) is 39.1 Å². The Morgan fingerprint density at radius 1 is 1.57 bits per heavy atom. The van der Waals surface area contributed by atoms with E-state index in [1.165, 1.54) is 0 Å². The maximum Gasteiger partial charge on any atom is 0.181 e. The summed E-state index contributed by atoms with van der Waals surface area (Å²) in [4.78, 5) is 0. The lowest BCUT2D eigenvalue weighted by molar-refractivity contribution is 0.497. The molecule has 5 heteroatoms. The van der Waals surface area contributed by atoms with Crippen LogP contribution in [0.15, 0.2) is 10.5 Å². The highest BCUT2D eigenvalue weighted by molar-refractivity contribution is 7.80. The normalized spacial score (nSPS) is 12.3. The maximum atomic E-state index is 5.42. The lowest BCUT2D eigenvalue weighted by Gasteiger charge is -2.14. The molecule has 1 atom stereocenters. The first-order valence-electron chi connectivity index (χ1n) is 4.38. The second kappa shape index (κ2) is 4.43. The Labute approximate surface area is 88.8 Å². The van der Waals surface area contributed by atoms with Gasteiger partial charge in [-0.3, -0.25) is 0 Å². The van der Waals surface area contributed by atoms with Crippen LogP contribution in [-0.4, -0.2) is 5.11 Å². The number of furan rings is 1. The molecule has 1 rings (SSSR count). The van der Waals surface area contributed by atoms with Crippen molar-refractivity contribution in [2.24, 2.45) is 5.84 Å². The van der Waals surface area contributed by atoms with Crippen LogP contribution in [0.2, 0.25) is 0 Å². The zero-order chi connectivity index (χ0) is 10.7. The molecule has 0 bridgehead atoms. The van der Waals surface area contributed by atoms with Gasteiger partial charge >= 0.3 is 0 Å². The molecule has 0 saturated carbocycles. The SMILES string of the molecule is Cc1cc(C(C)NC(=S)NN)c(C)o1. The second-order valence-corrected chi connectivity index (χ2v) is 3.62. The molecule has 1 aromatic heterocycles. The van der Waals surface area contributed by atoms with Crippen LogP contribution in [0.1, 0.15) is 30.0 Å². The molecule has 1 aromatic rings. The molecule has 78 valence electrons. The molecule has 0 aliphatic rings. The fourth-order valence-corrected chi connectivity index (χ4v) is 1.57. The Morgan fingerprint density at radius 3 is 2.64 bits per heavy atom. The highest BCUT2D eigenvalue weighted by Gasteiger charge is 2.12. The number of aryl methyl sites for hydroxylation is 2. The summed E-state index contributed by atoms with van der Waals surface area (Å²) in [6.45, 7) is 5.85. The van der Waals surface area contributed by atoms with Gasteiger partial charge in [0.15, 0.2) is 5.11 Å². The highest BCUT2D eigenvalue weighted by Crippen LogP contribution is 2.20. The molecule has 0 spiro atoms. The monoisotopic (exact) mass is 213 g/mol. The molecule has 0 fully saturated rings. The first-order valence-corrected chi connectivity index (χ1v) is 4.79. The quantitative estimate of drug-likeness (QED) is 0.392. The average molecular weight is 213 g/mol. The van der Waals surface area contributed by atoms with E-state index >= 15 is 0 Å². The molecule has 1 heterocycles. The summed E-state index contributed by atoms with van der Waals surface area (Å²) in [5.74, 6) is 6.97. The molecule has 0 aromatic carbocycles. The Kier molecular flexibility index (Phi) is 3.49. The van der Waals surface area contributed by atoms with Crippen molar-refractivity contribution < 1.29 is 4.42 Å². The van der Waals surface area contributed by atoms with Gasteiger partial charge in [-0.1, -0.05) is 0 Å². The molecule has 0 saturated heterocycles. The third kappa shape index (κ3) is 2.46. The maximum absolute atomic E-state index is 5.42. The Bertz CT molecular complexity index is 335. The molecule has 0 radical (unpaired) electrons. The fourth-order valence-electron chi connectivity index (χ4n) is 1.40. The van der Waals surface area contributed by atoms with E-state index in [-0.39, 0.29) is 6.04 Å². The first kappa shape index (κ1) is 11.0. The van der Waals surface area contributed by atoms with E-state index in [0.717, 1.165) is 17.1 Å². The van der Waals surface area contributed by atoms with Gasteiger partial charge in [0.05, 0.1) is 6.04 Å². The summed E-state index contributed by atoms with van der Waals surface area (Å²) in [5.41, 5.74) is 3.48. The van der Waals surface area contributed by atoms with Crippen molar-refractivity contribution in [3.05, 3.63) is 23.2 Å². The van der Waals surface area contributed by atoms with Crippen molar-refractivity contribution in [2.45, 2.75) is 26.8 Å². The smallest absolute Gasteiger partial charge is 0.181 e. The van der Waals surface area contributed by atoms with Crippen molar-refractivity contribution in [1.82, 2.24) is 10.7 Å². The van der Waals surface area contributed by atoms with Gasteiger partial charge in [-0.25, -0.2) is 5.84 Å². The van der Waals surface area contributed by atoms with Gasteiger partial charge in [0, 0.05) is 5.56 Å². The Balaban J connectivity index is 2.73. The molecule has 1 unspecified atom stereocenters. The van der Waals surface area contributed by atoms with Crippen molar-refractivity contribution in [3.8, 4) is 0 Å². The minimum atomic E-state index is 0.0935. The number of hydrogen-bond donors (Lipinski definition) is 3. The van der Waals surface area contributed by atoms with Gasteiger partial charge in [-0.15, -0.1) is 0 Å². The van der Waals surface area contributed by atoms with Crippen LogP contribution in [0.25, 0.3) is 0 Å². The van der Waals surface area contributed by atoms with Crippen LogP contribution in [-0.2, 0) is 0 Å². The van der Waals surface area contributed by atoms with Gasteiger partial charge < -0.3 is 15.2 Å². The standard InChI is InChI=1S/C9H15N3OS/c1-5-4-8(7(3)13-5)6(2)11-9(14)12-10/h4,6H,10H2,1-3H3,(H2,11,12,14). The van der Waals surface area contributed by atoms with Crippen LogP contribution < -0.4 is 16.6 Å². The fraction of sp³-hybridized carbons (Fsp3) is 0.444. The molecule has 0 aliphatic heterocycles. The predicted molar refractivity (Wildman–Crippen MR) is 59.7 cm³/mol. The summed E-state index contributed by atoms with van der Waals surface area (Å²) in [6.07, 6.45) is 0. The summed E-state index contributed by atoms with van der Waals surface area (Å²) in [5, 5.41) is 3.46. The van der Waals surface area contributed by atoms with E-state index in [1.807, 2.05) is 26.8 Å². The van der Waals surface area contributed by atoms with Crippen molar-refractivity contribution in [1.29, 1.82) is 0 Å². The Morgan fingerprint density at radius 2 is 2.21 bits per heavy atom. The van der Waals surface area contributed by atoms with E-state index in [2.05, 4.69) is 10.7 Å². The Hall–Kier alpha value is -1.07. The lowest BCUT2D eigenvalue weighted by Crippen LogP contribution is -2.40. The summed E-state index contributed by atoms with van der Waals surface area (Å²) < 4.78 is 5.42. The number of hydrazine groups is 1. The van der Waals surface area contributed by atoms with E-state index in [4.69, 9.17) is 22.5 Å². The minimum absolute atomic E-state index is 0.0935. The van der Waals surface area contributed by atoms with E-state index < -0.39 is 0 Å². The molecular weight excluding hydrogens is 198 g/mol. The zero-order valence-corrected chi connectivity index (χ0v) is 9.37. The van der Waals surface area contributed by atoms with Crippen LogP contribution in [0.4, 0.5) is 0 Å². The van der Waals surface area contributed by atoms with Crippen molar-refractivity contribution >= 4 is 17.3 Å². The van der Waals surface area contributed by atoms with Crippen LogP contribution in [0.3, 0.4) is 0 Å². The molecular formula is C9H15N3OS. The minimum Gasteiger partial charge on any atom is -0.466 e. The van der Waals surface area contributed by atoms with Crippen LogP contribution in [0.5, 0.6) is 0 Å². The van der Waals surface area contributed by atoms with Gasteiger partial charge in [0.25, 0.3) is 0 Å². The van der Waals surface area contributed by atoms with Crippen molar-refractivity contribution in [2.75, 3.05) is 0 Å². The third-order valence-electron chi connectivity index (χ3n) is 2.02. The van der Waals surface area contributed by atoms with Crippen LogP contribution in [0, 0.1) is 13.8 Å². The topological polar surface area (TPSA) is 63.2 Å². The molecule has 4 nitrogen and oxygen atoms in total. The molecule has 0 aliphatic carbocycles. The summed E-state index contributed by atoms with van der Waals surface area (Å²) in [6, 6.07) is 2.09. The molecule has 4 N–H and O–H groups in total. The zero-order valence-electron chi connectivity index (χ0n) is 8.55. The highest BCUT2D eigenvalue weighted by atomic mass is 32.1. The van der Waals surface area contributed by atoms with Crippen molar-refractivity contribution in [3.63, 3.8) is 0 Å². The lowest BCUT2D eigenvalue weighted by atomic mass is 10.1. The largest absolute Gasteiger partial charge is 0.466 e. The first-order chi connectivity index (χ1) is 6.54. The molecule has 14 heavy (non-hydrogen) atoms. The molecule has 0 amide bonds. The van der Waals surface area contributed by atoms with Gasteiger partial charge in [0.1, 0.15) is 11.5 Å². The summed E-state index contributed by atoms with van der Waals surface area (Å²) in [7, 11) is 0. The number of hydrogen-bond acceptors (Lipinski definition) is 3. The number of thiocarbonyl (C=S) groups is 1. The van der Waals surface area contributed by atoms with Crippen LogP contribution >= 0.6 is 12.2 Å². The van der Waals surface area contributed by atoms with E-state index in [1.54, 1.807) is 0 Å². The van der Waals surface area contributed by atoms with Gasteiger partial charge in [0.2, 0.25) is 0 Å². The summed E-state index contributed by atoms with van der Waals surface area (Å²) >= 11 is 4.90. The predicted octanol–water partition coefficient (Wildman–Crippen LogP) is 1.30.